The Bertz CT molecular complexity index is 844. The molecule has 2 nitrogen and oxygen atoms in total. The highest BCUT2D eigenvalue weighted by molar-refractivity contribution is 5.34. The third-order valence-corrected chi connectivity index (χ3v) is 13.7. The summed E-state index contributed by atoms with van der Waals surface area (Å²) in [5.41, 5.74) is 2.90. The van der Waals surface area contributed by atoms with E-state index >= 15 is 0 Å². The first-order valence-electron chi connectivity index (χ1n) is 14.2. The van der Waals surface area contributed by atoms with E-state index in [1.807, 2.05) is 0 Å². The molecule has 0 aromatic rings. The lowest BCUT2D eigenvalue weighted by atomic mass is 9.33. The van der Waals surface area contributed by atoms with Gasteiger partial charge in [0.25, 0.3) is 0 Å². The lowest BCUT2D eigenvalue weighted by Crippen LogP contribution is -2.65. The molecular formula is C31H52O2. The number of hydrogen-bond acceptors (Lipinski definition) is 2. The highest BCUT2D eigenvalue weighted by Crippen LogP contribution is 2.75. The summed E-state index contributed by atoms with van der Waals surface area (Å²) in [7, 11) is 0. The van der Waals surface area contributed by atoms with Crippen LogP contribution in [0.4, 0.5) is 0 Å². The van der Waals surface area contributed by atoms with Crippen LogP contribution in [0.3, 0.4) is 0 Å². The van der Waals surface area contributed by atoms with Crippen molar-refractivity contribution < 1.29 is 10.2 Å². The molecule has 2 N–H and O–H groups in total. The van der Waals surface area contributed by atoms with E-state index in [0.29, 0.717) is 28.6 Å². The van der Waals surface area contributed by atoms with E-state index in [2.05, 4.69) is 61.5 Å². The molecule has 0 aromatic carbocycles. The summed E-state index contributed by atoms with van der Waals surface area (Å²) in [5.74, 6) is 1.84. The molecule has 0 bridgehead atoms. The summed E-state index contributed by atoms with van der Waals surface area (Å²) < 4.78 is 0. The molecule has 0 heterocycles. The molecule has 5 rings (SSSR count). The van der Waals surface area contributed by atoms with Crippen molar-refractivity contribution in [3.63, 3.8) is 0 Å². The molecule has 4 fully saturated rings. The molecule has 0 radical (unpaired) electrons. The van der Waals surface area contributed by atoms with Gasteiger partial charge >= 0.3 is 0 Å². The maximum Gasteiger partial charge on any atom is 0.0604 e. The summed E-state index contributed by atoms with van der Waals surface area (Å²) in [6.07, 6.45) is 13.9. The van der Waals surface area contributed by atoms with E-state index in [9.17, 15) is 10.2 Å². The Labute approximate surface area is 204 Å². The van der Waals surface area contributed by atoms with Gasteiger partial charge in [-0.1, -0.05) is 67.0 Å². The van der Waals surface area contributed by atoms with E-state index in [-0.39, 0.29) is 33.9 Å². The zero-order chi connectivity index (χ0) is 24.2. The maximum atomic E-state index is 11.3. The van der Waals surface area contributed by atoms with Gasteiger partial charge in [-0.05, 0) is 109 Å². The second-order valence-electron chi connectivity index (χ2n) is 15.4. The van der Waals surface area contributed by atoms with E-state index in [4.69, 9.17) is 0 Å². The van der Waals surface area contributed by atoms with E-state index in [1.54, 1.807) is 5.57 Å². The smallest absolute Gasteiger partial charge is 0.0604 e. The van der Waals surface area contributed by atoms with Gasteiger partial charge in [0.2, 0.25) is 0 Å². The average molecular weight is 457 g/mol. The van der Waals surface area contributed by atoms with Gasteiger partial charge in [-0.25, -0.2) is 0 Å². The summed E-state index contributed by atoms with van der Waals surface area (Å²) >= 11 is 0. The molecule has 33 heavy (non-hydrogen) atoms. The van der Waals surface area contributed by atoms with Crippen LogP contribution in [0, 0.1) is 50.2 Å². The normalized spacial score (nSPS) is 57.8. The van der Waals surface area contributed by atoms with Gasteiger partial charge in [0.1, 0.15) is 0 Å². The van der Waals surface area contributed by atoms with Gasteiger partial charge in [-0.2, -0.15) is 0 Å². The van der Waals surface area contributed by atoms with Crippen LogP contribution in [0.2, 0.25) is 0 Å². The minimum atomic E-state index is -0.180. The Morgan fingerprint density at radius 1 is 0.788 bits per heavy atom. The Kier molecular flexibility index (Phi) is 5.25. The lowest BCUT2D eigenvalue weighted by Gasteiger charge is -2.71. The lowest BCUT2D eigenvalue weighted by molar-refractivity contribution is -0.212. The molecule has 4 saturated carbocycles. The minimum absolute atomic E-state index is 0.0426. The van der Waals surface area contributed by atoms with Gasteiger partial charge < -0.3 is 10.2 Å². The van der Waals surface area contributed by atoms with Gasteiger partial charge in [-0.15, -0.1) is 0 Å². The highest BCUT2D eigenvalue weighted by Gasteiger charge is 2.68. The average Bonchev–Trinajstić information content (AvgIpc) is 2.73. The monoisotopic (exact) mass is 456 g/mol. The first-order chi connectivity index (χ1) is 15.2. The van der Waals surface area contributed by atoms with Crippen molar-refractivity contribution >= 4 is 0 Å². The van der Waals surface area contributed by atoms with Gasteiger partial charge in [0, 0.05) is 5.41 Å². The van der Waals surface area contributed by atoms with Gasteiger partial charge in [0.05, 0.1) is 12.2 Å². The quantitative estimate of drug-likeness (QED) is 0.400. The molecule has 0 amide bonds. The molecule has 5 aliphatic carbocycles. The van der Waals surface area contributed by atoms with Crippen LogP contribution in [0.15, 0.2) is 11.6 Å². The van der Waals surface area contributed by atoms with Gasteiger partial charge in [-0.3, -0.25) is 0 Å². The third kappa shape index (κ3) is 2.92. The first kappa shape index (κ1) is 24.4. The molecule has 188 valence electrons. The molecule has 2 heteroatoms. The summed E-state index contributed by atoms with van der Waals surface area (Å²) in [6, 6.07) is 0. The molecule has 10 atom stereocenters. The summed E-state index contributed by atoms with van der Waals surface area (Å²) in [5, 5.41) is 22.4. The van der Waals surface area contributed by atoms with Crippen molar-refractivity contribution in [3.05, 3.63) is 11.6 Å². The first-order valence-corrected chi connectivity index (χ1v) is 14.2. The molecule has 0 aromatic heterocycles. The van der Waals surface area contributed by atoms with Crippen LogP contribution >= 0.6 is 0 Å². The largest absolute Gasteiger partial charge is 0.393 e. The molecular weight excluding hydrogens is 404 g/mol. The predicted molar refractivity (Wildman–Crippen MR) is 137 cm³/mol. The van der Waals surface area contributed by atoms with Crippen molar-refractivity contribution in [3.8, 4) is 0 Å². The number of aliphatic hydroxyl groups excluding tert-OH is 2. The minimum Gasteiger partial charge on any atom is -0.393 e. The van der Waals surface area contributed by atoms with E-state index < -0.39 is 0 Å². The molecule has 5 aliphatic rings. The third-order valence-electron chi connectivity index (χ3n) is 13.7. The second-order valence-corrected chi connectivity index (χ2v) is 15.4. The van der Waals surface area contributed by atoms with Crippen LogP contribution in [0.1, 0.15) is 120 Å². The number of aliphatic hydroxyl groups is 2. The van der Waals surface area contributed by atoms with Crippen LogP contribution in [-0.4, -0.2) is 22.4 Å². The van der Waals surface area contributed by atoms with Crippen LogP contribution in [0.25, 0.3) is 0 Å². The molecule has 0 aliphatic heterocycles. The number of allylic oxidation sites excluding steroid dienone is 2. The molecule has 0 unspecified atom stereocenters. The Morgan fingerprint density at radius 2 is 1.48 bits per heavy atom. The van der Waals surface area contributed by atoms with Crippen molar-refractivity contribution in [1.29, 1.82) is 0 Å². The second kappa shape index (κ2) is 7.12. The van der Waals surface area contributed by atoms with Crippen molar-refractivity contribution in [2.24, 2.45) is 50.2 Å². The van der Waals surface area contributed by atoms with Crippen LogP contribution in [0.5, 0.6) is 0 Å². The number of fused-ring (bicyclic) bond motifs is 7. The fourth-order valence-corrected chi connectivity index (χ4v) is 11.0. The standard InChI is InChI=1S/C31H52O2/c1-9-27(4)22-12-15-31(8)23(29(22,6)14-13-24(27)32)11-10-20-21-18-26(2,3)19-25(33)28(21,5)16-17-30(20,31)7/h10,21-25,32-33H,9,11-19H2,1-8H3/t21-,22+,23-,24+,25-,27-,28-,29+,30-,31-/m1/s1. The fraction of sp³-hybridized carbons (Fsp3) is 0.935. The zero-order valence-electron chi connectivity index (χ0n) is 22.9. The zero-order valence-corrected chi connectivity index (χ0v) is 22.9. The highest BCUT2D eigenvalue weighted by atomic mass is 16.3. The van der Waals surface area contributed by atoms with Crippen molar-refractivity contribution in [1.82, 2.24) is 0 Å². The summed E-state index contributed by atoms with van der Waals surface area (Å²) in [4.78, 5) is 0. The SMILES string of the molecule is CC[C@]1(C)[C@@H]2CC[C@]3(C)[C@H](CC=C4[C@H]5CC(C)(C)C[C@@H](O)[C@]5(C)CC[C@]43C)[C@@]2(C)CC[C@@H]1O. The Hall–Kier alpha value is -0.340. The summed E-state index contributed by atoms with van der Waals surface area (Å²) in [6.45, 7) is 19.8. The van der Waals surface area contributed by atoms with Crippen LogP contribution < -0.4 is 0 Å². The molecule has 0 spiro atoms. The topological polar surface area (TPSA) is 40.5 Å². The van der Waals surface area contributed by atoms with Gasteiger partial charge in [0.15, 0.2) is 0 Å². The van der Waals surface area contributed by atoms with E-state index in [1.165, 1.54) is 38.5 Å². The van der Waals surface area contributed by atoms with E-state index in [0.717, 1.165) is 25.7 Å². The Balaban J connectivity index is 1.58. The van der Waals surface area contributed by atoms with Crippen LogP contribution in [-0.2, 0) is 0 Å². The predicted octanol–water partition coefficient (Wildman–Crippen LogP) is 7.53. The van der Waals surface area contributed by atoms with Crippen molar-refractivity contribution in [2.45, 2.75) is 132 Å². The number of rotatable bonds is 1. The maximum absolute atomic E-state index is 11.3. The Morgan fingerprint density at radius 3 is 2.15 bits per heavy atom. The molecule has 0 saturated heterocycles. The van der Waals surface area contributed by atoms with Crippen molar-refractivity contribution in [2.75, 3.05) is 0 Å². The fourth-order valence-electron chi connectivity index (χ4n) is 11.0. The number of hydrogen-bond donors (Lipinski definition) is 2.